The van der Waals surface area contributed by atoms with Crippen molar-refractivity contribution in [2.24, 2.45) is 5.73 Å². The summed E-state index contributed by atoms with van der Waals surface area (Å²) in [4.78, 5) is 29.1. The van der Waals surface area contributed by atoms with Crippen molar-refractivity contribution in [1.29, 1.82) is 0 Å². The maximum Gasteiger partial charge on any atom is 0.242 e. The van der Waals surface area contributed by atoms with Gasteiger partial charge in [0.1, 0.15) is 0 Å². The average molecular weight is 271 g/mol. The van der Waals surface area contributed by atoms with Crippen LogP contribution in [0.2, 0.25) is 0 Å². The van der Waals surface area contributed by atoms with E-state index in [1.807, 2.05) is 0 Å². The zero-order valence-electron chi connectivity index (χ0n) is 11.9. The number of nitrogens with zero attached hydrogens (tertiary/aromatic N) is 3. The van der Waals surface area contributed by atoms with Crippen LogP contribution in [0.25, 0.3) is 0 Å². The van der Waals surface area contributed by atoms with Crippen molar-refractivity contribution in [3.8, 4) is 0 Å². The Bertz CT molecular complexity index is 300. The van der Waals surface area contributed by atoms with Gasteiger partial charge >= 0.3 is 0 Å². The van der Waals surface area contributed by atoms with Crippen molar-refractivity contribution in [2.45, 2.75) is 0 Å². The Labute approximate surface area is 114 Å². The van der Waals surface area contributed by atoms with E-state index in [2.05, 4.69) is 29.2 Å². The molecule has 0 radical (unpaired) electrons. The Morgan fingerprint density at radius 3 is 2.37 bits per heavy atom. The third kappa shape index (κ3) is 6.00. The molecule has 1 heterocycles. The number of carbonyl (C=O) groups excluding carboxylic acids is 2. The van der Waals surface area contributed by atoms with E-state index >= 15 is 0 Å². The number of nitrogens with one attached hydrogen (secondary N) is 1. The third-order valence-electron chi connectivity index (χ3n) is 3.21. The molecule has 0 saturated carbocycles. The monoisotopic (exact) mass is 271 g/mol. The first kappa shape index (κ1) is 15.9. The summed E-state index contributed by atoms with van der Waals surface area (Å²) in [5.41, 5.74) is 5.17. The predicted molar refractivity (Wildman–Crippen MR) is 73.6 cm³/mol. The average Bonchev–Trinajstić information content (AvgIpc) is 2.42. The first-order valence-electron chi connectivity index (χ1n) is 6.64. The van der Waals surface area contributed by atoms with Crippen molar-refractivity contribution in [3.05, 3.63) is 0 Å². The second-order valence-corrected chi connectivity index (χ2v) is 5.01. The second kappa shape index (κ2) is 8.08. The number of piperazine rings is 1. The lowest BCUT2D eigenvalue weighted by Gasteiger charge is -2.35. The molecule has 7 nitrogen and oxygen atoms in total. The fraction of sp³-hybridized carbons (Fsp3) is 0.833. The van der Waals surface area contributed by atoms with Gasteiger partial charge in [-0.1, -0.05) is 0 Å². The van der Waals surface area contributed by atoms with E-state index in [1.165, 1.54) is 0 Å². The molecule has 0 aromatic heterocycles. The predicted octanol–water partition coefficient (Wildman–Crippen LogP) is -2.23. The van der Waals surface area contributed by atoms with Crippen molar-refractivity contribution >= 4 is 11.8 Å². The summed E-state index contributed by atoms with van der Waals surface area (Å²) in [6.45, 7) is 5.27. The van der Waals surface area contributed by atoms with Gasteiger partial charge in [0.25, 0.3) is 0 Å². The molecule has 110 valence electrons. The molecule has 0 bridgehead atoms. The number of rotatable bonds is 6. The van der Waals surface area contributed by atoms with Gasteiger partial charge in [0.2, 0.25) is 11.8 Å². The standard InChI is InChI=1S/C12H25N5O2/c1-15(2)3-4-16-5-7-17(8-6-16)12(19)10-14-11(18)9-13/h3-10,13H2,1-2H3,(H,14,18). The van der Waals surface area contributed by atoms with Crippen LogP contribution in [0.5, 0.6) is 0 Å². The van der Waals surface area contributed by atoms with Crippen LogP contribution in [0.15, 0.2) is 0 Å². The van der Waals surface area contributed by atoms with Crippen LogP contribution >= 0.6 is 0 Å². The Morgan fingerprint density at radius 1 is 1.21 bits per heavy atom. The molecule has 0 spiro atoms. The summed E-state index contributed by atoms with van der Waals surface area (Å²) in [6, 6.07) is 0. The van der Waals surface area contributed by atoms with E-state index in [0.717, 1.165) is 39.3 Å². The summed E-state index contributed by atoms with van der Waals surface area (Å²) in [5.74, 6) is -0.327. The number of nitrogens with two attached hydrogens (primary N) is 1. The Hall–Kier alpha value is -1.18. The molecule has 0 aromatic rings. The Kier molecular flexibility index (Phi) is 6.75. The molecule has 1 aliphatic rings. The van der Waals surface area contributed by atoms with Crippen LogP contribution in [0.4, 0.5) is 0 Å². The summed E-state index contributed by atoms with van der Waals surface area (Å²) < 4.78 is 0. The lowest BCUT2D eigenvalue weighted by Crippen LogP contribution is -2.52. The van der Waals surface area contributed by atoms with Crippen LogP contribution in [-0.4, -0.2) is 93.0 Å². The maximum atomic E-state index is 11.8. The van der Waals surface area contributed by atoms with E-state index < -0.39 is 0 Å². The molecular weight excluding hydrogens is 246 g/mol. The summed E-state index contributed by atoms with van der Waals surface area (Å²) in [7, 11) is 4.11. The minimum absolute atomic E-state index is 0.0333. The zero-order valence-corrected chi connectivity index (χ0v) is 11.9. The van der Waals surface area contributed by atoms with Gasteiger partial charge in [-0.25, -0.2) is 0 Å². The summed E-state index contributed by atoms with van der Waals surface area (Å²) >= 11 is 0. The van der Waals surface area contributed by atoms with Crippen LogP contribution < -0.4 is 11.1 Å². The number of carbonyl (C=O) groups is 2. The summed E-state index contributed by atoms with van der Waals surface area (Å²) in [6.07, 6.45) is 0. The minimum atomic E-state index is -0.294. The zero-order chi connectivity index (χ0) is 14.3. The highest BCUT2D eigenvalue weighted by molar-refractivity contribution is 5.85. The van der Waals surface area contributed by atoms with E-state index in [0.29, 0.717) is 0 Å². The highest BCUT2D eigenvalue weighted by Gasteiger charge is 2.20. The normalized spacial score (nSPS) is 16.7. The van der Waals surface area contributed by atoms with Crippen LogP contribution in [0, 0.1) is 0 Å². The number of hydrogen-bond donors (Lipinski definition) is 2. The number of hydrogen-bond acceptors (Lipinski definition) is 5. The molecule has 1 saturated heterocycles. The van der Waals surface area contributed by atoms with E-state index in [-0.39, 0.29) is 24.9 Å². The van der Waals surface area contributed by atoms with Gasteiger partial charge in [-0.3, -0.25) is 14.5 Å². The van der Waals surface area contributed by atoms with Crippen LogP contribution in [-0.2, 0) is 9.59 Å². The van der Waals surface area contributed by atoms with Crippen LogP contribution in [0.1, 0.15) is 0 Å². The van der Waals surface area contributed by atoms with Gasteiger partial charge in [0.15, 0.2) is 0 Å². The first-order chi connectivity index (χ1) is 9.02. The van der Waals surface area contributed by atoms with E-state index in [1.54, 1.807) is 4.90 Å². The molecular formula is C12H25N5O2. The van der Waals surface area contributed by atoms with Crippen molar-refractivity contribution in [2.75, 3.05) is 66.5 Å². The Morgan fingerprint density at radius 2 is 1.84 bits per heavy atom. The topological polar surface area (TPSA) is 81.9 Å². The van der Waals surface area contributed by atoms with Gasteiger partial charge in [0, 0.05) is 39.3 Å². The lowest BCUT2D eigenvalue weighted by molar-refractivity contribution is -0.134. The number of likely N-dealkylation sites (N-methyl/N-ethyl adjacent to an activating group) is 1. The third-order valence-corrected chi connectivity index (χ3v) is 3.21. The van der Waals surface area contributed by atoms with Gasteiger partial charge in [-0.05, 0) is 14.1 Å². The highest BCUT2D eigenvalue weighted by atomic mass is 16.2. The SMILES string of the molecule is CN(C)CCN1CCN(C(=O)CNC(=O)CN)CC1. The van der Waals surface area contributed by atoms with Crippen molar-refractivity contribution in [3.63, 3.8) is 0 Å². The van der Waals surface area contributed by atoms with Crippen molar-refractivity contribution < 1.29 is 9.59 Å². The molecule has 0 unspecified atom stereocenters. The number of amides is 2. The maximum absolute atomic E-state index is 11.8. The molecule has 2 amide bonds. The van der Waals surface area contributed by atoms with E-state index in [4.69, 9.17) is 5.73 Å². The Balaban J connectivity index is 2.21. The van der Waals surface area contributed by atoms with Gasteiger partial charge in [-0.2, -0.15) is 0 Å². The highest BCUT2D eigenvalue weighted by Crippen LogP contribution is 2.01. The molecule has 19 heavy (non-hydrogen) atoms. The minimum Gasteiger partial charge on any atom is -0.346 e. The largest absolute Gasteiger partial charge is 0.346 e. The lowest BCUT2D eigenvalue weighted by atomic mass is 10.3. The molecule has 0 atom stereocenters. The molecule has 0 aliphatic carbocycles. The second-order valence-electron chi connectivity index (χ2n) is 5.01. The van der Waals surface area contributed by atoms with Gasteiger partial charge in [-0.15, -0.1) is 0 Å². The van der Waals surface area contributed by atoms with Gasteiger partial charge < -0.3 is 20.9 Å². The summed E-state index contributed by atoms with van der Waals surface area (Å²) in [5, 5.41) is 2.51. The van der Waals surface area contributed by atoms with E-state index in [9.17, 15) is 9.59 Å². The van der Waals surface area contributed by atoms with Crippen molar-refractivity contribution in [1.82, 2.24) is 20.0 Å². The fourth-order valence-electron chi connectivity index (χ4n) is 1.92. The fourth-order valence-corrected chi connectivity index (χ4v) is 1.92. The molecule has 1 aliphatic heterocycles. The molecule has 7 heteroatoms. The smallest absolute Gasteiger partial charge is 0.242 e. The molecule has 1 rings (SSSR count). The first-order valence-corrected chi connectivity index (χ1v) is 6.64. The molecule has 0 aromatic carbocycles. The molecule has 1 fully saturated rings. The van der Waals surface area contributed by atoms with Crippen LogP contribution in [0.3, 0.4) is 0 Å². The van der Waals surface area contributed by atoms with Gasteiger partial charge in [0.05, 0.1) is 13.1 Å². The quantitative estimate of drug-likeness (QED) is 0.571. The molecule has 3 N–H and O–H groups in total.